The minimum absolute atomic E-state index is 0.000667. The lowest BCUT2D eigenvalue weighted by Gasteiger charge is -2.35. The Morgan fingerprint density at radius 2 is 1.03 bits per heavy atom. The number of carbonyl (C=O) groups excluding carboxylic acids is 2. The number of fused-ring (bicyclic) bond motifs is 2. The molecule has 396 valence electrons. The average molecular weight is 1160 g/mol. The number of likely N-dealkylation sites (N-methyl/N-ethyl adjacent to an activating group) is 2. The number of aromatic amines is 2. The van der Waals surface area contributed by atoms with Crippen LogP contribution in [-0.2, 0) is 25.2 Å². The number of aromatic nitrogens is 4. The van der Waals surface area contributed by atoms with E-state index in [1.54, 1.807) is 52.3 Å². The fourth-order valence-corrected chi connectivity index (χ4v) is 9.79. The Labute approximate surface area is 454 Å². The molecule has 0 spiro atoms. The minimum Gasteiger partial charge on any atom is -0.382 e. The summed E-state index contributed by atoms with van der Waals surface area (Å²) < 4.78 is 84.0. The number of nitrogens with zero attached hydrogens (tertiary/aromatic N) is 6. The molecule has 6 N–H and O–H groups in total. The van der Waals surface area contributed by atoms with Crippen molar-refractivity contribution in [3.8, 4) is 24.2 Å². The molecule has 2 saturated heterocycles. The van der Waals surface area contributed by atoms with Crippen LogP contribution in [0.25, 0.3) is 21.8 Å². The number of hydrogen-bond acceptors (Lipinski definition) is 10. The summed E-state index contributed by atoms with van der Waals surface area (Å²) in [5.41, 5.74) is 15.5. The molecule has 77 heavy (non-hydrogen) atoms. The van der Waals surface area contributed by atoms with E-state index in [1.165, 1.54) is 24.3 Å². The first kappa shape index (κ1) is 55.4. The molecule has 10 rings (SSSR count). The Bertz CT molecular complexity index is 3540. The number of H-pyrrole nitrogens is 2. The van der Waals surface area contributed by atoms with Crippen LogP contribution < -0.4 is 21.3 Å². The van der Waals surface area contributed by atoms with Gasteiger partial charge in [0.05, 0.1) is 32.9 Å². The summed E-state index contributed by atoms with van der Waals surface area (Å²) in [6, 6.07) is 33.3. The van der Waals surface area contributed by atoms with Crippen LogP contribution in [0.4, 0.5) is 49.4 Å². The molecule has 2 fully saturated rings. The highest BCUT2D eigenvalue weighted by molar-refractivity contribution is 14.1. The van der Waals surface area contributed by atoms with Gasteiger partial charge in [-0.25, -0.2) is 0 Å². The molecule has 2 aliphatic heterocycles. The maximum absolute atomic E-state index is 14.0. The molecule has 12 nitrogen and oxygen atoms in total. The number of anilines is 4. The number of Topliss-reactive ketones (excluding diaryl/α,β-unsaturated/α-hetero) is 2. The van der Waals surface area contributed by atoms with E-state index in [2.05, 4.69) is 70.5 Å². The number of piperazine rings is 2. The van der Waals surface area contributed by atoms with Crippen molar-refractivity contribution in [2.75, 3.05) is 87.7 Å². The second kappa shape index (κ2) is 24.0. The van der Waals surface area contributed by atoms with Gasteiger partial charge in [-0.15, -0.1) is 6.42 Å². The zero-order valence-corrected chi connectivity index (χ0v) is 44.2. The SMILES string of the molecule is C#Cc1cccc(CC(=O)c2ccc(N3CCN(C)CC3)c(C(F)(F)F)c2)c1.CN1CCN(c2ccc(C(=O)Cc3cccc(C#Cc4cccc5[nH]nc(N)c45)c3)cc2C(F)(F)F)CC1.Nc1n[nH]c2cccc(I)c12. The van der Waals surface area contributed by atoms with E-state index in [-0.39, 0.29) is 46.9 Å². The lowest BCUT2D eigenvalue weighted by atomic mass is 9.98. The van der Waals surface area contributed by atoms with Crippen molar-refractivity contribution in [2.45, 2.75) is 25.2 Å². The van der Waals surface area contributed by atoms with Gasteiger partial charge in [-0.05, 0) is 133 Å². The number of terminal acetylenes is 1. The number of hydrogen-bond donors (Lipinski definition) is 4. The number of nitrogen functional groups attached to an aromatic ring is 2. The van der Waals surface area contributed by atoms with Crippen LogP contribution in [-0.4, -0.2) is 108 Å². The summed E-state index contributed by atoms with van der Waals surface area (Å²) in [6.07, 6.45) is -3.77. The van der Waals surface area contributed by atoms with Gasteiger partial charge in [0.1, 0.15) is 0 Å². The average Bonchev–Trinajstić information content (AvgIpc) is 4.01. The summed E-state index contributed by atoms with van der Waals surface area (Å²) in [7, 11) is 3.89. The van der Waals surface area contributed by atoms with E-state index in [1.807, 2.05) is 56.6 Å². The maximum Gasteiger partial charge on any atom is 0.418 e. The largest absolute Gasteiger partial charge is 0.418 e. The standard InChI is InChI=1S/C29H26F3N5O.C22H21F3N2O.C7H6IN3/c1-36-12-14-37(15-13-36)25-11-10-22(18-23(25)29(30,31)32)26(38)17-20-5-2-4-19(16-20)8-9-21-6-3-7-24-27(21)28(33)35-34-24;1-3-16-5-4-6-17(13-16)14-21(28)18-7-8-20(19(15-18)22(23,24)25)27-11-9-26(2)10-12-27;8-4-2-1-3-5-6(4)7(9)11-10-5/h2-7,10-11,16,18H,12-15,17H2,1H3,(H3,33,34,35);1,4-8,13,15H,9-12,14H2,2H3;1-3H,(H3,9,10,11). The molecule has 4 heterocycles. The zero-order chi connectivity index (χ0) is 55.0. The monoisotopic (exact) mass is 1160 g/mol. The number of nitrogens with one attached hydrogen (secondary N) is 2. The first-order valence-electron chi connectivity index (χ1n) is 24.4. The Morgan fingerprint density at radius 3 is 1.51 bits per heavy atom. The van der Waals surface area contributed by atoms with Crippen LogP contribution >= 0.6 is 22.6 Å². The topological polar surface area (TPSA) is 156 Å². The summed E-state index contributed by atoms with van der Waals surface area (Å²) >= 11 is 2.24. The van der Waals surface area contributed by atoms with Gasteiger partial charge in [0.2, 0.25) is 0 Å². The number of nitrogens with two attached hydrogens (primary N) is 2. The normalized spacial score (nSPS) is 14.2. The Morgan fingerprint density at radius 1 is 0.584 bits per heavy atom. The van der Waals surface area contributed by atoms with Crippen molar-refractivity contribution in [2.24, 2.45) is 0 Å². The second-order valence-corrected chi connectivity index (χ2v) is 19.8. The van der Waals surface area contributed by atoms with Crippen LogP contribution in [0.5, 0.6) is 0 Å². The van der Waals surface area contributed by atoms with Gasteiger partial charge in [0.25, 0.3) is 0 Å². The second-order valence-electron chi connectivity index (χ2n) is 18.6. The van der Waals surface area contributed by atoms with Gasteiger partial charge in [-0.2, -0.15) is 36.5 Å². The molecular formula is C58H53F6IN10O2. The van der Waals surface area contributed by atoms with Crippen molar-refractivity contribution >= 4 is 79.0 Å². The minimum atomic E-state index is -4.56. The number of halogens is 7. The maximum atomic E-state index is 14.0. The van der Waals surface area contributed by atoms with Crippen molar-refractivity contribution in [3.05, 3.63) is 175 Å². The Kier molecular flexibility index (Phi) is 17.3. The molecular weight excluding hydrogens is 1110 g/mol. The first-order chi connectivity index (χ1) is 36.7. The molecule has 0 unspecified atom stereocenters. The molecule has 0 bridgehead atoms. The lowest BCUT2D eigenvalue weighted by Crippen LogP contribution is -2.45. The molecule has 8 aromatic rings. The fraction of sp³-hybridized carbons (Fsp3) is 0.241. The lowest BCUT2D eigenvalue weighted by molar-refractivity contribution is -0.138. The van der Waals surface area contributed by atoms with Crippen molar-refractivity contribution < 1.29 is 35.9 Å². The van der Waals surface area contributed by atoms with Gasteiger partial charge in [-0.1, -0.05) is 54.2 Å². The van der Waals surface area contributed by atoms with E-state index in [9.17, 15) is 35.9 Å². The van der Waals surface area contributed by atoms with Crippen LogP contribution in [0.3, 0.4) is 0 Å². The van der Waals surface area contributed by atoms with E-state index in [0.29, 0.717) is 86.2 Å². The molecule has 6 aromatic carbocycles. The summed E-state index contributed by atoms with van der Waals surface area (Å²) in [6.45, 7) is 4.80. The van der Waals surface area contributed by atoms with E-state index in [4.69, 9.17) is 17.9 Å². The molecule has 0 atom stereocenters. The summed E-state index contributed by atoms with van der Waals surface area (Å²) in [4.78, 5) is 33.2. The van der Waals surface area contributed by atoms with Crippen molar-refractivity contribution in [3.63, 3.8) is 0 Å². The molecule has 0 saturated carbocycles. The van der Waals surface area contributed by atoms with Gasteiger partial charge in [-0.3, -0.25) is 19.8 Å². The summed E-state index contributed by atoms with van der Waals surface area (Å²) in [5, 5.41) is 15.4. The third-order valence-corrected chi connectivity index (χ3v) is 14.1. The number of ketones is 2. The van der Waals surface area contributed by atoms with Crippen LogP contribution in [0.2, 0.25) is 0 Å². The van der Waals surface area contributed by atoms with Gasteiger partial charge in [0, 0.05) is 108 Å². The third-order valence-electron chi connectivity index (χ3n) is 13.2. The van der Waals surface area contributed by atoms with Crippen molar-refractivity contribution in [1.82, 2.24) is 30.2 Å². The highest BCUT2D eigenvalue weighted by atomic mass is 127. The molecule has 2 aromatic heterocycles. The Hall–Kier alpha value is -7.85. The van der Waals surface area contributed by atoms with E-state index >= 15 is 0 Å². The number of benzene rings is 6. The van der Waals surface area contributed by atoms with Gasteiger partial charge in [0.15, 0.2) is 23.2 Å². The zero-order valence-electron chi connectivity index (χ0n) is 42.0. The van der Waals surface area contributed by atoms with Crippen LogP contribution in [0.15, 0.2) is 121 Å². The predicted molar refractivity (Wildman–Crippen MR) is 299 cm³/mol. The fourth-order valence-electron chi connectivity index (χ4n) is 9.02. The van der Waals surface area contributed by atoms with Crippen LogP contribution in [0, 0.1) is 27.8 Å². The Balaban J connectivity index is 0.000000175. The van der Waals surface area contributed by atoms with Gasteiger partial charge >= 0.3 is 12.4 Å². The predicted octanol–water partition coefficient (Wildman–Crippen LogP) is 10.4. The van der Waals surface area contributed by atoms with Crippen molar-refractivity contribution in [1.29, 1.82) is 0 Å². The highest BCUT2D eigenvalue weighted by Gasteiger charge is 2.37. The van der Waals surface area contributed by atoms with Crippen LogP contribution in [0.1, 0.15) is 59.7 Å². The quantitative estimate of drug-likeness (QED) is 0.0500. The molecule has 0 amide bonds. The number of alkyl halides is 6. The summed E-state index contributed by atoms with van der Waals surface area (Å²) in [5.74, 6) is 8.85. The smallest absolute Gasteiger partial charge is 0.382 e. The molecule has 19 heteroatoms. The van der Waals surface area contributed by atoms with Gasteiger partial charge < -0.3 is 31.1 Å². The molecule has 0 radical (unpaired) electrons. The van der Waals surface area contributed by atoms with E-state index in [0.717, 1.165) is 43.1 Å². The third kappa shape index (κ3) is 13.8. The first-order valence-corrected chi connectivity index (χ1v) is 25.5. The molecule has 2 aliphatic rings. The molecule has 0 aliphatic carbocycles. The number of rotatable bonds is 8. The van der Waals surface area contributed by atoms with E-state index < -0.39 is 23.5 Å². The number of carbonyl (C=O) groups is 2. The highest BCUT2D eigenvalue weighted by Crippen LogP contribution is 2.39.